The lowest BCUT2D eigenvalue weighted by molar-refractivity contribution is -0.202. The molecule has 184 valence electrons. The summed E-state index contributed by atoms with van der Waals surface area (Å²) in [6, 6.07) is -2.87. The van der Waals surface area contributed by atoms with E-state index in [1.54, 1.807) is 0 Å². The monoisotopic (exact) mass is 476 g/mol. The van der Waals surface area contributed by atoms with E-state index in [1.807, 2.05) is 0 Å². The third kappa shape index (κ3) is 14.2. The number of alkyl halides is 3. The number of halogens is 3. The third-order valence-corrected chi connectivity index (χ3v) is 3.43. The molecule has 0 aromatic rings. The van der Waals surface area contributed by atoms with Gasteiger partial charge in [-0.2, -0.15) is 13.2 Å². The fourth-order valence-electron chi connectivity index (χ4n) is 1.97. The van der Waals surface area contributed by atoms with Gasteiger partial charge in [0, 0.05) is 13.1 Å². The number of hydrogen-bond donors (Lipinski definition) is 5. The molecule has 0 saturated heterocycles. The van der Waals surface area contributed by atoms with Crippen molar-refractivity contribution in [1.82, 2.24) is 10.6 Å². The van der Waals surface area contributed by atoms with Crippen LogP contribution in [0.5, 0.6) is 0 Å². The molecule has 0 amide bonds. The van der Waals surface area contributed by atoms with E-state index in [9.17, 15) is 37.1 Å². The van der Waals surface area contributed by atoms with Gasteiger partial charge in [-0.25, -0.2) is 4.79 Å². The predicted octanol–water partition coefficient (Wildman–Crippen LogP) is -1.40. The number of carbonyl (C=O) groups is 5. The van der Waals surface area contributed by atoms with E-state index in [-0.39, 0.29) is 39.5 Å². The van der Waals surface area contributed by atoms with Gasteiger partial charge in [-0.3, -0.25) is 19.2 Å². The van der Waals surface area contributed by atoms with Crippen LogP contribution in [0.2, 0.25) is 0 Å². The highest BCUT2D eigenvalue weighted by molar-refractivity contribution is 5.90. The van der Waals surface area contributed by atoms with Gasteiger partial charge in [-0.05, 0) is 0 Å². The predicted molar refractivity (Wildman–Crippen MR) is 94.5 cm³/mol. The third-order valence-electron chi connectivity index (χ3n) is 3.43. The molecule has 2 atom stereocenters. The van der Waals surface area contributed by atoms with Gasteiger partial charge in [0.15, 0.2) is 0 Å². The summed E-state index contributed by atoms with van der Waals surface area (Å²) in [6.07, 6.45) is -7.00. The summed E-state index contributed by atoms with van der Waals surface area (Å²) in [5.74, 6) is -8.55. The molecule has 0 saturated carbocycles. The largest absolute Gasteiger partial charge is 0.491 e. The highest BCUT2D eigenvalue weighted by atomic mass is 19.4. The number of carboxylic acids is 3. The number of carboxylic acid groups (broad SMARTS) is 3. The summed E-state index contributed by atoms with van der Waals surface area (Å²) < 4.78 is 49.8. The lowest BCUT2D eigenvalue weighted by Crippen LogP contribution is -2.41. The van der Waals surface area contributed by atoms with Crippen LogP contribution in [0, 0.1) is 0 Å². The molecule has 0 heterocycles. The van der Waals surface area contributed by atoms with Crippen molar-refractivity contribution in [3.8, 4) is 0 Å². The number of rotatable bonds is 17. The van der Waals surface area contributed by atoms with E-state index in [1.165, 1.54) is 0 Å². The second kappa shape index (κ2) is 15.1. The summed E-state index contributed by atoms with van der Waals surface area (Å²) in [5, 5.41) is 31.2. The van der Waals surface area contributed by atoms with Crippen molar-refractivity contribution in [2.24, 2.45) is 0 Å². The normalized spacial score (nSPS) is 13.2. The minimum atomic E-state index is -5.38. The average Bonchev–Trinajstić information content (AvgIpc) is 2.65. The number of nitrogens with one attached hydrogen (secondary N) is 2. The van der Waals surface area contributed by atoms with E-state index < -0.39 is 60.9 Å². The first-order chi connectivity index (χ1) is 14.8. The Morgan fingerprint density at radius 3 is 1.56 bits per heavy atom. The van der Waals surface area contributed by atoms with E-state index in [2.05, 4.69) is 15.4 Å². The number of carbonyl (C=O) groups excluding carboxylic acids is 2. The highest BCUT2D eigenvalue weighted by Gasteiger charge is 2.42. The molecule has 32 heavy (non-hydrogen) atoms. The second-order valence-corrected chi connectivity index (χ2v) is 5.98. The van der Waals surface area contributed by atoms with E-state index in [0.717, 1.165) is 0 Å². The van der Waals surface area contributed by atoms with Crippen LogP contribution in [0.4, 0.5) is 13.2 Å². The molecule has 0 radical (unpaired) electrons. The topological polar surface area (TPSA) is 198 Å². The Labute approximate surface area is 178 Å². The Bertz CT molecular complexity index is 658. The Balaban J connectivity index is 3.95. The molecule has 0 aliphatic carbocycles. The van der Waals surface area contributed by atoms with E-state index in [0.29, 0.717) is 0 Å². The molecule has 16 heteroatoms. The van der Waals surface area contributed by atoms with Crippen molar-refractivity contribution in [3.05, 3.63) is 0 Å². The summed E-state index contributed by atoms with van der Waals surface area (Å²) in [7, 11) is 0. The molecule has 13 nitrogen and oxygen atoms in total. The fraction of sp³-hybridized carbons (Fsp3) is 0.688. The van der Waals surface area contributed by atoms with Crippen molar-refractivity contribution in [3.63, 3.8) is 0 Å². The van der Waals surface area contributed by atoms with Crippen LogP contribution in [0.25, 0.3) is 0 Å². The Hall–Kier alpha value is -2.82. The van der Waals surface area contributed by atoms with Crippen LogP contribution >= 0.6 is 0 Å². The maximum absolute atomic E-state index is 12.0. The molecule has 0 rings (SSSR count). The number of aliphatic carboxylic acids is 3. The number of ether oxygens (including phenoxy) is 3. The second-order valence-electron chi connectivity index (χ2n) is 5.98. The van der Waals surface area contributed by atoms with Crippen LogP contribution in [-0.4, -0.2) is 103 Å². The molecule has 0 aromatic heterocycles. The van der Waals surface area contributed by atoms with Crippen LogP contribution < -0.4 is 10.6 Å². The zero-order valence-electron chi connectivity index (χ0n) is 16.6. The van der Waals surface area contributed by atoms with Crippen molar-refractivity contribution >= 4 is 29.8 Å². The summed E-state index contributed by atoms with van der Waals surface area (Å²) in [6.45, 7) is 0.103. The van der Waals surface area contributed by atoms with Gasteiger partial charge < -0.3 is 40.2 Å². The molecule has 0 aliphatic heterocycles. The van der Waals surface area contributed by atoms with Gasteiger partial charge in [0.05, 0.1) is 39.3 Å². The molecule has 5 N–H and O–H groups in total. The standard InChI is InChI=1S/C16H23F3N2O11/c17-16(18,19)15(29)32-12(24)8-10(14(27)28)21-2-4-31-6-5-30-3-1-20-9(13(25)26)7-11(22)23/h9-10,20-21H,1-8H2,(H,22,23)(H,25,26)(H,27,28). The zero-order chi connectivity index (χ0) is 24.7. The molecule has 0 bridgehead atoms. The quantitative estimate of drug-likeness (QED) is 0.0934. The van der Waals surface area contributed by atoms with Gasteiger partial charge in [-0.1, -0.05) is 0 Å². The minimum absolute atomic E-state index is 0.0539. The van der Waals surface area contributed by atoms with Crippen molar-refractivity contribution in [2.45, 2.75) is 31.1 Å². The maximum atomic E-state index is 12.0. The molecular formula is C16H23F3N2O11. The Morgan fingerprint density at radius 2 is 1.19 bits per heavy atom. The van der Waals surface area contributed by atoms with Crippen LogP contribution in [0.1, 0.15) is 12.8 Å². The Kier molecular flexibility index (Phi) is 13.7. The SMILES string of the molecule is O=C(O)CC(NCCOCCOCCNC(CC(=O)OC(=O)C(F)(F)F)C(=O)O)C(=O)O. The summed E-state index contributed by atoms with van der Waals surface area (Å²) in [4.78, 5) is 54.1. The highest BCUT2D eigenvalue weighted by Crippen LogP contribution is 2.17. The van der Waals surface area contributed by atoms with Gasteiger partial charge in [0.2, 0.25) is 0 Å². The fourth-order valence-corrected chi connectivity index (χ4v) is 1.97. The van der Waals surface area contributed by atoms with Gasteiger partial charge >= 0.3 is 36.0 Å². The van der Waals surface area contributed by atoms with E-state index >= 15 is 0 Å². The molecule has 0 aromatic carbocycles. The molecule has 0 aliphatic rings. The van der Waals surface area contributed by atoms with Crippen LogP contribution in [-0.2, 0) is 38.2 Å². The van der Waals surface area contributed by atoms with Crippen molar-refractivity contribution < 1.29 is 66.7 Å². The van der Waals surface area contributed by atoms with Gasteiger partial charge in [-0.15, -0.1) is 0 Å². The van der Waals surface area contributed by atoms with Crippen molar-refractivity contribution in [1.29, 1.82) is 0 Å². The van der Waals surface area contributed by atoms with Crippen LogP contribution in [0.3, 0.4) is 0 Å². The smallest absolute Gasteiger partial charge is 0.481 e. The molecular weight excluding hydrogens is 453 g/mol. The zero-order valence-corrected chi connectivity index (χ0v) is 16.6. The number of esters is 2. The van der Waals surface area contributed by atoms with E-state index in [4.69, 9.17) is 24.8 Å². The first-order valence-corrected chi connectivity index (χ1v) is 8.96. The lowest BCUT2D eigenvalue weighted by Gasteiger charge is -2.14. The van der Waals surface area contributed by atoms with Gasteiger partial charge in [0.1, 0.15) is 12.1 Å². The summed E-state index contributed by atoms with van der Waals surface area (Å²) in [5.41, 5.74) is 0. The minimum Gasteiger partial charge on any atom is -0.481 e. The lowest BCUT2D eigenvalue weighted by atomic mass is 10.2. The number of hydrogen-bond acceptors (Lipinski definition) is 10. The van der Waals surface area contributed by atoms with Gasteiger partial charge in [0.25, 0.3) is 0 Å². The maximum Gasteiger partial charge on any atom is 0.491 e. The first-order valence-electron chi connectivity index (χ1n) is 8.96. The summed E-state index contributed by atoms with van der Waals surface area (Å²) >= 11 is 0. The molecule has 2 unspecified atom stereocenters. The molecule has 0 spiro atoms. The average molecular weight is 476 g/mol. The van der Waals surface area contributed by atoms with Crippen molar-refractivity contribution in [2.75, 3.05) is 39.5 Å². The van der Waals surface area contributed by atoms with Crippen LogP contribution in [0.15, 0.2) is 0 Å². The molecule has 0 fully saturated rings. The first kappa shape index (κ1) is 29.2. The Morgan fingerprint density at radius 1 is 0.750 bits per heavy atom.